The highest BCUT2D eigenvalue weighted by Crippen LogP contribution is 2.37. The van der Waals surface area contributed by atoms with Crippen molar-refractivity contribution in [1.82, 2.24) is 29.2 Å². The van der Waals surface area contributed by atoms with Gasteiger partial charge in [0.15, 0.2) is 0 Å². The average Bonchev–Trinajstić information content (AvgIpc) is 3.04. The van der Waals surface area contributed by atoms with Crippen LogP contribution in [0.25, 0.3) is 0 Å². The van der Waals surface area contributed by atoms with E-state index in [0.29, 0.717) is 12.0 Å². The Morgan fingerprint density at radius 3 is 2.90 bits per heavy atom. The van der Waals surface area contributed by atoms with E-state index in [9.17, 15) is 0 Å². The van der Waals surface area contributed by atoms with E-state index < -0.39 is 0 Å². The summed E-state index contributed by atoms with van der Waals surface area (Å²) in [6, 6.07) is 0.677. The lowest BCUT2D eigenvalue weighted by atomic mass is 9.97. The first kappa shape index (κ1) is 13.0. The Hall–Kier alpha value is -1.69. The quantitative estimate of drug-likeness (QED) is 0.839. The lowest BCUT2D eigenvalue weighted by Gasteiger charge is -2.32. The molecule has 2 aromatic heterocycles. The predicted octanol–water partition coefficient (Wildman–Crippen LogP) is 1.69. The fourth-order valence-electron chi connectivity index (χ4n) is 3.32. The zero-order chi connectivity index (χ0) is 14.1. The molecule has 1 aliphatic carbocycles. The predicted molar refractivity (Wildman–Crippen MR) is 78.9 cm³/mol. The molecule has 4 rings (SSSR count). The van der Waals surface area contributed by atoms with Crippen LogP contribution in [0.5, 0.6) is 0 Å². The van der Waals surface area contributed by atoms with Crippen LogP contribution in [-0.2, 0) is 6.54 Å². The lowest BCUT2D eigenvalue weighted by molar-refractivity contribution is 0.195. The molecule has 1 aliphatic heterocycles. The molecule has 0 N–H and O–H groups in total. The summed E-state index contributed by atoms with van der Waals surface area (Å²) in [6.45, 7) is 4.41. The summed E-state index contributed by atoms with van der Waals surface area (Å²) in [5, 5.41) is 8.57. The minimum atomic E-state index is 0.546. The number of nitrogens with zero attached hydrogens (tertiary/aromatic N) is 6. The zero-order valence-electron chi connectivity index (χ0n) is 12.3. The molecule has 0 unspecified atom stereocenters. The van der Waals surface area contributed by atoms with Crippen molar-refractivity contribution in [1.29, 1.82) is 0 Å². The van der Waals surface area contributed by atoms with Crippen LogP contribution in [0, 0.1) is 0 Å². The molecule has 2 aliphatic rings. The van der Waals surface area contributed by atoms with Crippen LogP contribution in [0.2, 0.25) is 0 Å². The molecule has 1 saturated carbocycles. The highest BCUT2D eigenvalue weighted by atomic mass is 15.3. The minimum absolute atomic E-state index is 0.546. The summed E-state index contributed by atoms with van der Waals surface area (Å²) in [5.74, 6) is 1.76. The molecule has 0 bridgehead atoms. The molecule has 6 nitrogen and oxygen atoms in total. The lowest BCUT2D eigenvalue weighted by Crippen LogP contribution is -2.37. The maximum atomic E-state index is 4.42. The van der Waals surface area contributed by atoms with Crippen LogP contribution in [0.15, 0.2) is 25.0 Å². The maximum absolute atomic E-state index is 4.42. The summed E-state index contributed by atoms with van der Waals surface area (Å²) in [6.07, 6.45) is 12.8. The van der Waals surface area contributed by atoms with Crippen molar-refractivity contribution in [2.45, 2.75) is 44.2 Å². The van der Waals surface area contributed by atoms with Gasteiger partial charge in [-0.3, -0.25) is 0 Å². The number of hydrogen-bond donors (Lipinski definition) is 0. The second kappa shape index (κ2) is 5.60. The Bertz CT molecular complexity index is 571. The first-order valence-corrected chi connectivity index (χ1v) is 7.97. The van der Waals surface area contributed by atoms with E-state index in [0.717, 1.165) is 19.6 Å². The Balaban J connectivity index is 1.39. The van der Waals surface area contributed by atoms with Crippen molar-refractivity contribution in [3.05, 3.63) is 30.9 Å². The van der Waals surface area contributed by atoms with E-state index >= 15 is 0 Å². The van der Waals surface area contributed by atoms with Gasteiger partial charge < -0.3 is 14.0 Å². The molecule has 0 aromatic carbocycles. The van der Waals surface area contributed by atoms with E-state index in [2.05, 4.69) is 29.2 Å². The molecule has 2 aromatic rings. The van der Waals surface area contributed by atoms with Crippen molar-refractivity contribution in [3.8, 4) is 0 Å². The van der Waals surface area contributed by atoms with Gasteiger partial charge in [-0.2, -0.15) is 0 Å². The number of likely N-dealkylation sites (tertiary alicyclic amines) is 1. The highest BCUT2D eigenvalue weighted by molar-refractivity contribution is 5.03. The van der Waals surface area contributed by atoms with E-state index in [1.807, 2.05) is 25.0 Å². The molecule has 6 heteroatoms. The first-order valence-electron chi connectivity index (χ1n) is 7.97. The van der Waals surface area contributed by atoms with E-state index in [1.54, 1.807) is 0 Å². The summed E-state index contributed by atoms with van der Waals surface area (Å²) >= 11 is 0. The van der Waals surface area contributed by atoms with Crippen molar-refractivity contribution in [2.24, 2.45) is 0 Å². The van der Waals surface area contributed by atoms with E-state index in [4.69, 9.17) is 0 Å². The number of piperidine rings is 1. The average molecular weight is 286 g/mol. The van der Waals surface area contributed by atoms with Crippen LogP contribution in [0.3, 0.4) is 0 Å². The van der Waals surface area contributed by atoms with Crippen LogP contribution in [0.4, 0.5) is 0 Å². The number of imidazole rings is 1. The van der Waals surface area contributed by atoms with Gasteiger partial charge in [0.25, 0.3) is 0 Å². The summed E-state index contributed by atoms with van der Waals surface area (Å²) < 4.78 is 4.47. The Labute approximate surface area is 124 Å². The molecule has 0 radical (unpaired) electrons. The van der Waals surface area contributed by atoms with Crippen LogP contribution in [0.1, 0.15) is 43.5 Å². The van der Waals surface area contributed by atoms with E-state index in [-0.39, 0.29) is 0 Å². The molecule has 112 valence electrons. The Morgan fingerprint density at radius 2 is 2.10 bits per heavy atom. The summed E-state index contributed by atoms with van der Waals surface area (Å²) in [7, 11) is 0. The fraction of sp³-hybridized carbons (Fsp3) is 0.667. The van der Waals surface area contributed by atoms with Gasteiger partial charge in [0.05, 0.1) is 6.33 Å². The number of aromatic nitrogens is 5. The largest absolute Gasteiger partial charge is 0.336 e. The Kier molecular flexibility index (Phi) is 3.47. The molecule has 3 heterocycles. The van der Waals surface area contributed by atoms with Crippen molar-refractivity contribution >= 4 is 0 Å². The third kappa shape index (κ3) is 2.85. The van der Waals surface area contributed by atoms with Gasteiger partial charge in [-0.1, -0.05) is 0 Å². The zero-order valence-corrected chi connectivity index (χ0v) is 12.3. The monoisotopic (exact) mass is 286 g/mol. The van der Waals surface area contributed by atoms with Gasteiger partial charge in [-0.25, -0.2) is 4.98 Å². The van der Waals surface area contributed by atoms with E-state index in [1.165, 1.54) is 38.1 Å². The van der Waals surface area contributed by atoms with Crippen molar-refractivity contribution in [3.63, 3.8) is 0 Å². The minimum Gasteiger partial charge on any atom is -0.336 e. The van der Waals surface area contributed by atoms with Crippen molar-refractivity contribution in [2.75, 3.05) is 19.6 Å². The molecule has 0 spiro atoms. The first-order chi connectivity index (χ1) is 10.4. The van der Waals surface area contributed by atoms with Gasteiger partial charge in [-0.05, 0) is 32.2 Å². The second-order valence-corrected chi connectivity index (χ2v) is 6.27. The molecular weight excluding hydrogens is 264 g/mol. The molecular formula is C15H22N6. The molecule has 0 amide bonds. The number of hydrogen-bond acceptors (Lipinski definition) is 4. The van der Waals surface area contributed by atoms with Crippen LogP contribution >= 0.6 is 0 Å². The van der Waals surface area contributed by atoms with Gasteiger partial charge >= 0.3 is 0 Å². The summed E-state index contributed by atoms with van der Waals surface area (Å²) in [5.41, 5.74) is 0. The summed E-state index contributed by atoms with van der Waals surface area (Å²) in [4.78, 5) is 6.66. The second-order valence-electron chi connectivity index (χ2n) is 6.27. The normalized spacial score (nSPS) is 23.5. The molecule has 1 atom stereocenters. The van der Waals surface area contributed by atoms with Crippen LogP contribution in [-0.4, -0.2) is 48.8 Å². The SMILES string of the molecule is c1cn(CCN2CCC[C@H](c3nncn3C3CC3)C2)cn1. The molecule has 21 heavy (non-hydrogen) atoms. The third-order valence-electron chi connectivity index (χ3n) is 4.65. The molecule has 1 saturated heterocycles. The van der Waals surface area contributed by atoms with Gasteiger partial charge in [-0.15, -0.1) is 10.2 Å². The van der Waals surface area contributed by atoms with Gasteiger partial charge in [0.1, 0.15) is 12.2 Å². The van der Waals surface area contributed by atoms with Crippen LogP contribution < -0.4 is 0 Å². The molecule has 2 fully saturated rings. The highest BCUT2D eigenvalue weighted by Gasteiger charge is 2.31. The Morgan fingerprint density at radius 1 is 1.14 bits per heavy atom. The third-order valence-corrected chi connectivity index (χ3v) is 4.65. The standard InChI is InChI=1S/C15H22N6/c1-2-13(15-18-17-12-21(15)14-3-4-14)10-19(6-1)8-9-20-7-5-16-11-20/h5,7,11-14H,1-4,6,8-10H2/t13-/m0/s1. The fourth-order valence-corrected chi connectivity index (χ4v) is 3.32. The number of rotatable bonds is 5. The smallest absolute Gasteiger partial charge is 0.137 e. The topological polar surface area (TPSA) is 51.8 Å². The van der Waals surface area contributed by atoms with Gasteiger partial charge in [0, 0.05) is 44.0 Å². The maximum Gasteiger partial charge on any atom is 0.137 e. The van der Waals surface area contributed by atoms with Crippen molar-refractivity contribution < 1.29 is 0 Å². The van der Waals surface area contributed by atoms with Gasteiger partial charge in [0.2, 0.25) is 0 Å².